The number of amides is 1. The maximum atomic E-state index is 13.1. The number of rotatable bonds is 3. The number of hydrogen-bond donors (Lipinski definition) is 1. The standard InChI is InChI=1S/C20H22N6O.C2HF3O2/c27-19(24-11-3-4-12-24)17-15-7-1-2-13-25(15)18(23-17)16-8-5-14-26(16)20-21-9-6-10-22-20;3-2(4,5)1(6)7/h1-2,6-7,9-10,13,16H,3-5,8,11-12,14H2;(H,6,7). The summed E-state index contributed by atoms with van der Waals surface area (Å²) in [7, 11) is 0. The van der Waals surface area contributed by atoms with Crippen LogP contribution in [-0.2, 0) is 4.79 Å². The fraction of sp³-hybridized carbons (Fsp3) is 0.409. The number of carbonyl (C=O) groups is 2. The maximum Gasteiger partial charge on any atom is 0.490 e. The molecule has 1 atom stereocenters. The summed E-state index contributed by atoms with van der Waals surface area (Å²) in [4.78, 5) is 39.8. The van der Waals surface area contributed by atoms with Gasteiger partial charge in [0, 0.05) is 38.2 Å². The first-order valence-electron chi connectivity index (χ1n) is 10.9. The van der Waals surface area contributed by atoms with Gasteiger partial charge in [-0.2, -0.15) is 13.2 Å². The Hall–Kier alpha value is -3.70. The molecule has 0 bridgehead atoms. The highest BCUT2D eigenvalue weighted by molar-refractivity contribution is 5.99. The molecule has 1 amide bonds. The quantitative estimate of drug-likeness (QED) is 0.618. The van der Waals surface area contributed by atoms with E-state index in [0.717, 1.165) is 62.6 Å². The molecule has 0 aromatic carbocycles. The van der Waals surface area contributed by atoms with Crippen molar-refractivity contribution < 1.29 is 27.9 Å². The van der Waals surface area contributed by atoms with Crippen LogP contribution < -0.4 is 4.90 Å². The van der Waals surface area contributed by atoms with Gasteiger partial charge in [0.2, 0.25) is 5.95 Å². The molecule has 2 aliphatic heterocycles. The zero-order valence-electron chi connectivity index (χ0n) is 18.1. The molecule has 0 saturated carbocycles. The van der Waals surface area contributed by atoms with Gasteiger partial charge in [0.05, 0.1) is 11.6 Å². The van der Waals surface area contributed by atoms with Crippen molar-refractivity contribution in [3.63, 3.8) is 0 Å². The average Bonchev–Trinajstić information content (AvgIpc) is 3.58. The minimum Gasteiger partial charge on any atom is -0.475 e. The number of anilines is 1. The van der Waals surface area contributed by atoms with E-state index in [2.05, 4.69) is 19.3 Å². The van der Waals surface area contributed by atoms with Gasteiger partial charge in [0.25, 0.3) is 5.91 Å². The van der Waals surface area contributed by atoms with Crippen molar-refractivity contribution in [1.82, 2.24) is 24.3 Å². The first kappa shape index (κ1) is 23.5. The predicted octanol–water partition coefficient (Wildman–Crippen LogP) is 3.34. The third-order valence-corrected chi connectivity index (χ3v) is 5.77. The van der Waals surface area contributed by atoms with Crippen LogP contribution in [0.1, 0.15) is 48.0 Å². The number of nitrogens with zero attached hydrogens (tertiary/aromatic N) is 6. The van der Waals surface area contributed by atoms with E-state index in [1.807, 2.05) is 35.4 Å². The Kier molecular flexibility index (Phi) is 6.66. The third kappa shape index (κ3) is 4.80. The van der Waals surface area contributed by atoms with Gasteiger partial charge in [0.1, 0.15) is 5.82 Å². The van der Waals surface area contributed by atoms with Crippen molar-refractivity contribution in [1.29, 1.82) is 0 Å². The maximum absolute atomic E-state index is 13.1. The zero-order chi connectivity index (χ0) is 24.3. The third-order valence-electron chi connectivity index (χ3n) is 5.77. The Bertz CT molecular complexity index is 1160. The monoisotopic (exact) mass is 476 g/mol. The molecular formula is C22H23F3N6O3. The number of carboxylic acid groups (broad SMARTS) is 1. The van der Waals surface area contributed by atoms with Gasteiger partial charge in [0.15, 0.2) is 5.69 Å². The molecule has 5 heterocycles. The fourth-order valence-corrected chi connectivity index (χ4v) is 4.24. The predicted molar refractivity (Wildman–Crippen MR) is 115 cm³/mol. The van der Waals surface area contributed by atoms with Gasteiger partial charge in [-0.3, -0.25) is 4.79 Å². The summed E-state index contributed by atoms with van der Waals surface area (Å²) in [6, 6.07) is 7.83. The lowest BCUT2D eigenvalue weighted by Crippen LogP contribution is -2.28. The summed E-state index contributed by atoms with van der Waals surface area (Å²) in [5, 5.41) is 7.12. The van der Waals surface area contributed by atoms with Crippen molar-refractivity contribution >= 4 is 23.3 Å². The number of fused-ring (bicyclic) bond motifs is 1. The van der Waals surface area contributed by atoms with Crippen LogP contribution in [0.3, 0.4) is 0 Å². The number of carbonyl (C=O) groups excluding carboxylic acids is 1. The van der Waals surface area contributed by atoms with Gasteiger partial charge in [-0.15, -0.1) is 0 Å². The number of halogens is 3. The number of likely N-dealkylation sites (tertiary alicyclic amines) is 1. The second kappa shape index (κ2) is 9.65. The lowest BCUT2D eigenvalue weighted by atomic mass is 10.2. The number of pyridine rings is 1. The van der Waals surface area contributed by atoms with E-state index in [0.29, 0.717) is 5.69 Å². The Morgan fingerprint density at radius 3 is 2.32 bits per heavy atom. The van der Waals surface area contributed by atoms with E-state index in [9.17, 15) is 18.0 Å². The molecule has 0 spiro atoms. The zero-order valence-corrected chi connectivity index (χ0v) is 18.1. The minimum atomic E-state index is -5.08. The lowest BCUT2D eigenvalue weighted by molar-refractivity contribution is -0.192. The van der Waals surface area contributed by atoms with E-state index in [-0.39, 0.29) is 11.9 Å². The SMILES string of the molecule is O=C(O)C(F)(F)F.O=C(c1nc(C2CCCN2c2ncccn2)n2ccccc12)N1CCCC1. The van der Waals surface area contributed by atoms with E-state index in [4.69, 9.17) is 14.9 Å². The van der Waals surface area contributed by atoms with Crippen LogP contribution in [0.2, 0.25) is 0 Å². The summed E-state index contributed by atoms with van der Waals surface area (Å²) in [6.45, 7) is 2.55. The van der Waals surface area contributed by atoms with E-state index in [1.165, 1.54) is 0 Å². The van der Waals surface area contributed by atoms with Gasteiger partial charge in [-0.1, -0.05) is 6.07 Å². The highest BCUT2D eigenvalue weighted by Gasteiger charge is 2.38. The largest absolute Gasteiger partial charge is 0.490 e. The summed E-state index contributed by atoms with van der Waals surface area (Å²) >= 11 is 0. The summed E-state index contributed by atoms with van der Waals surface area (Å²) in [6.07, 6.45) is 4.64. The van der Waals surface area contributed by atoms with Gasteiger partial charge in [-0.25, -0.2) is 19.7 Å². The first-order valence-corrected chi connectivity index (χ1v) is 10.9. The van der Waals surface area contributed by atoms with Crippen molar-refractivity contribution in [2.75, 3.05) is 24.5 Å². The van der Waals surface area contributed by atoms with Crippen LogP contribution in [0.5, 0.6) is 0 Å². The molecule has 1 N–H and O–H groups in total. The van der Waals surface area contributed by atoms with Crippen LogP contribution in [-0.4, -0.2) is 67.0 Å². The average molecular weight is 476 g/mol. The number of imidazole rings is 1. The summed E-state index contributed by atoms with van der Waals surface area (Å²) in [5.41, 5.74) is 1.44. The topological polar surface area (TPSA) is 104 Å². The molecule has 9 nitrogen and oxygen atoms in total. The van der Waals surface area contributed by atoms with E-state index in [1.54, 1.807) is 12.4 Å². The Labute approximate surface area is 192 Å². The Morgan fingerprint density at radius 1 is 1.00 bits per heavy atom. The molecule has 0 radical (unpaired) electrons. The van der Waals surface area contributed by atoms with Crippen LogP contribution in [0.4, 0.5) is 19.1 Å². The molecule has 12 heteroatoms. The van der Waals surface area contributed by atoms with Gasteiger partial charge in [-0.05, 0) is 43.9 Å². The number of alkyl halides is 3. The molecular weight excluding hydrogens is 453 g/mol. The highest BCUT2D eigenvalue weighted by atomic mass is 19.4. The molecule has 5 rings (SSSR count). The van der Waals surface area contributed by atoms with Crippen LogP contribution in [0.15, 0.2) is 42.9 Å². The lowest BCUT2D eigenvalue weighted by Gasteiger charge is -2.23. The molecule has 1 unspecified atom stereocenters. The van der Waals surface area contributed by atoms with Crippen molar-refractivity contribution in [2.45, 2.75) is 37.9 Å². The Balaban J connectivity index is 0.000000344. The number of hydrogen-bond acceptors (Lipinski definition) is 6. The van der Waals surface area contributed by atoms with Crippen molar-refractivity contribution in [3.05, 3.63) is 54.4 Å². The van der Waals surface area contributed by atoms with E-state index >= 15 is 0 Å². The van der Waals surface area contributed by atoms with Crippen molar-refractivity contribution in [3.8, 4) is 0 Å². The summed E-state index contributed by atoms with van der Waals surface area (Å²) in [5.74, 6) is -1.09. The highest BCUT2D eigenvalue weighted by Crippen LogP contribution is 2.35. The normalized spacial score (nSPS) is 18.1. The molecule has 2 fully saturated rings. The molecule has 2 aliphatic rings. The molecule has 3 aromatic heterocycles. The second-order valence-electron chi connectivity index (χ2n) is 7.98. The van der Waals surface area contributed by atoms with Crippen LogP contribution >= 0.6 is 0 Å². The smallest absolute Gasteiger partial charge is 0.475 e. The fourth-order valence-electron chi connectivity index (χ4n) is 4.24. The van der Waals surface area contributed by atoms with Gasteiger partial charge < -0.3 is 19.3 Å². The van der Waals surface area contributed by atoms with Crippen molar-refractivity contribution in [2.24, 2.45) is 0 Å². The molecule has 34 heavy (non-hydrogen) atoms. The number of aliphatic carboxylic acids is 1. The second-order valence-corrected chi connectivity index (χ2v) is 7.98. The van der Waals surface area contributed by atoms with E-state index < -0.39 is 12.1 Å². The van der Waals surface area contributed by atoms with Crippen LogP contribution in [0, 0.1) is 0 Å². The summed E-state index contributed by atoms with van der Waals surface area (Å²) < 4.78 is 33.8. The minimum absolute atomic E-state index is 0.0444. The van der Waals surface area contributed by atoms with Crippen LogP contribution in [0.25, 0.3) is 5.52 Å². The number of carboxylic acids is 1. The number of aromatic nitrogens is 4. The molecule has 180 valence electrons. The molecule has 2 saturated heterocycles. The first-order chi connectivity index (χ1) is 16.3. The molecule has 0 aliphatic carbocycles. The van der Waals surface area contributed by atoms with Gasteiger partial charge >= 0.3 is 12.1 Å². The Morgan fingerprint density at radius 2 is 1.68 bits per heavy atom. The molecule has 3 aromatic rings.